The Balaban J connectivity index is 2.13. The summed E-state index contributed by atoms with van der Waals surface area (Å²) < 4.78 is 32.5. The van der Waals surface area contributed by atoms with Gasteiger partial charge in [0.15, 0.2) is 0 Å². The molecule has 20 heavy (non-hydrogen) atoms. The zero-order chi connectivity index (χ0) is 14.6. The van der Waals surface area contributed by atoms with Gasteiger partial charge < -0.3 is 10.1 Å². The lowest BCUT2D eigenvalue weighted by molar-refractivity contribution is 0.133. The van der Waals surface area contributed by atoms with Gasteiger partial charge in [0.2, 0.25) is 10.0 Å². The van der Waals surface area contributed by atoms with E-state index in [1.165, 1.54) is 0 Å². The molecule has 0 amide bonds. The summed E-state index contributed by atoms with van der Waals surface area (Å²) in [5.41, 5.74) is 2.11. The molecule has 0 saturated heterocycles. The van der Waals surface area contributed by atoms with E-state index in [-0.39, 0.29) is 6.04 Å². The Morgan fingerprint density at radius 3 is 3.00 bits per heavy atom. The molecule has 5 nitrogen and oxygen atoms in total. The second-order valence-corrected chi connectivity index (χ2v) is 6.75. The molecule has 0 aliphatic carbocycles. The molecule has 1 aliphatic heterocycles. The van der Waals surface area contributed by atoms with E-state index in [9.17, 15) is 8.42 Å². The average Bonchev–Trinajstić information content (AvgIpc) is 2.44. The van der Waals surface area contributed by atoms with E-state index in [1.807, 2.05) is 13.0 Å². The number of fused-ring (bicyclic) bond motifs is 1. The van der Waals surface area contributed by atoms with E-state index in [0.29, 0.717) is 18.1 Å². The van der Waals surface area contributed by atoms with Gasteiger partial charge in [-0.25, -0.2) is 13.1 Å². The summed E-state index contributed by atoms with van der Waals surface area (Å²) in [5, 5.41) is 3.27. The summed E-state index contributed by atoms with van der Waals surface area (Å²) in [6.07, 6.45) is 1.95. The van der Waals surface area contributed by atoms with Crippen molar-refractivity contribution in [2.75, 3.05) is 25.1 Å². The van der Waals surface area contributed by atoms with Gasteiger partial charge in [-0.15, -0.1) is 0 Å². The minimum absolute atomic E-state index is 0.242. The Labute approximate surface area is 120 Å². The van der Waals surface area contributed by atoms with Crippen molar-refractivity contribution in [2.24, 2.45) is 0 Å². The van der Waals surface area contributed by atoms with Crippen molar-refractivity contribution in [1.29, 1.82) is 0 Å². The third-order valence-corrected chi connectivity index (χ3v) is 4.84. The number of rotatable bonds is 6. The lowest BCUT2D eigenvalue weighted by Crippen LogP contribution is -2.36. The Morgan fingerprint density at radius 2 is 2.25 bits per heavy atom. The van der Waals surface area contributed by atoms with Crippen LogP contribution in [0.1, 0.15) is 25.8 Å². The first-order valence-corrected chi connectivity index (χ1v) is 8.48. The number of anilines is 1. The summed E-state index contributed by atoms with van der Waals surface area (Å²) in [4.78, 5) is 0.322. The predicted molar refractivity (Wildman–Crippen MR) is 79.5 cm³/mol. The maximum Gasteiger partial charge on any atom is 0.240 e. The van der Waals surface area contributed by atoms with Crippen molar-refractivity contribution < 1.29 is 13.2 Å². The number of sulfonamides is 1. The highest BCUT2D eigenvalue weighted by Crippen LogP contribution is 2.24. The highest BCUT2D eigenvalue weighted by molar-refractivity contribution is 7.89. The molecule has 2 N–H and O–H groups in total. The largest absolute Gasteiger partial charge is 0.385 e. The van der Waals surface area contributed by atoms with Crippen LogP contribution in [0.5, 0.6) is 0 Å². The lowest BCUT2D eigenvalue weighted by Gasteiger charge is -2.19. The van der Waals surface area contributed by atoms with Crippen LogP contribution in [0.4, 0.5) is 5.69 Å². The maximum atomic E-state index is 12.3. The zero-order valence-corrected chi connectivity index (χ0v) is 12.8. The maximum absolute atomic E-state index is 12.3. The topological polar surface area (TPSA) is 67.4 Å². The monoisotopic (exact) mass is 298 g/mol. The van der Waals surface area contributed by atoms with Gasteiger partial charge in [-0.2, -0.15) is 0 Å². The van der Waals surface area contributed by atoms with Crippen LogP contribution < -0.4 is 10.0 Å². The number of hydrogen-bond acceptors (Lipinski definition) is 4. The number of hydrogen-bond donors (Lipinski definition) is 2. The fraction of sp³-hybridized carbons (Fsp3) is 0.571. The number of aryl methyl sites for hydroxylation is 1. The molecule has 1 aliphatic rings. The summed E-state index contributed by atoms with van der Waals surface area (Å²) in [6, 6.07) is 5.01. The number of nitrogens with one attached hydrogen (secondary N) is 2. The Morgan fingerprint density at radius 1 is 1.45 bits per heavy atom. The fourth-order valence-corrected chi connectivity index (χ4v) is 3.56. The first-order chi connectivity index (χ1) is 9.53. The molecule has 1 heterocycles. The molecule has 1 unspecified atom stereocenters. The second-order valence-electron chi connectivity index (χ2n) is 5.03. The number of ether oxygens (including phenoxy) is 1. The Kier molecular flexibility index (Phi) is 5.01. The van der Waals surface area contributed by atoms with E-state index in [1.54, 1.807) is 19.1 Å². The number of benzene rings is 1. The van der Waals surface area contributed by atoms with E-state index < -0.39 is 10.0 Å². The molecule has 1 atom stereocenters. The van der Waals surface area contributed by atoms with Gasteiger partial charge in [0, 0.05) is 24.9 Å². The molecular formula is C14H22N2O3S. The molecule has 6 heteroatoms. The third-order valence-electron chi connectivity index (χ3n) is 3.25. The minimum atomic E-state index is -3.48. The van der Waals surface area contributed by atoms with E-state index in [4.69, 9.17) is 4.74 Å². The fourth-order valence-electron chi connectivity index (χ4n) is 2.28. The molecule has 2 rings (SSSR count). The van der Waals surface area contributed by atoms with Gasteiger partial charge >= 0.3 is 0 Å². The Bertz CT molecular complexity index is 558. The predicted octanol–water partition coefficient (Wildman–Crippen LogP) is 1.75. The van der Waals surface area contributed by atoms with Gasteiger partial charge in [0.1, 0.15) is 0 Å². The van der Waals surface area contributed by atoms with E-state index in [0.717, 1.165) is 30.6 Å². The second kappa shape index (κ2) is 6.56. The standard InChI is InChI=1S/C14H22N2O3S/c1-3-19-10-11(2)16-20(17,18)13-6-7-14-12(9-13)5-4-8-15-14/h6-7,9,11,15-16H,3-5,8,10H2,1-2H3. The highest BCUT2D eigenvalue weighted by atomic mass is 32.2. The van der Waals surface area contributed by atoms with E-state index in [2.05, 4.69) is 10.0 Å². The van der Waals surface area contributed by atoms with Gasteiger partial charge in [-0.3, -0.25) is 0 Å². The first kappa shape index (κ1) is 15.3. The van der Waals surface area contributed by atoms with Crippen LogP contribution in [0.15, 0.2) is 23.1 Å². The quantitative estimate of drug-likeness (QED) is 0.839. The molecule has 0 saturated carbocycles. The molecule has 1 aromatic rings. The van der Waals surface area contributed by atoms with Crippen molar-refractivity contribution in [2.45, 2.75) is 37.6 Å². The smallest absolute Gasteiger partial charge is 0.240 e. The van der Waals surface area contributed by atoms with Crippen LogP contribution in [0.25, 0.3) is 0 Å². The molecule has 0 aromatic heterocycles. The normalized spacial score (nSPS) is 16.3. The Hall–Kier alpha value is -1.11. The summed E-state index contributed by atoms with van der Waals surface area (Å²) in [6.45, 7) is 5.59. The van der Waals surface area contributed by atoms with Crippen LogP contribution in [0, 0.1) is 0 Å². The van der Waals surface area contributed by atoms with Crippen LogP contribution in [-0.2, 0) is 21.2 Å². The zero-order valence-electron chi connectivity index (χ0n) is 12.0. The van der Waals surface area contributed by atoms with Crippen LogP contribution in [0.2, 0.25) is 0 Å². The van der Waals surface area contributed by atoms with Crippen molar-refractivity contribution in [3.63, 3.8) is 0 Å². The third kappa shape index (κ3) is 3.71. The van der Waals surface area contributed by atoms with Gasteiger partial charge in [0.25, 0.3) is 0 Å². The van der Waals surface area contributed by atoms with Crippen molar-refractivity contribution in [3.05, 3.63) is 23.8 Å². The van der Waals surface area contributed by atoms with E-state index >= 15 is 0 Å². The lowest BCUT2D eigenvalue weighted by atomic mass is 10.0. The molecule has 0 radical (unpaired) electrons. The van der Waals surface area contributed by atoms with Gasteiger partial charge in [-0.05, 0) is 50.5 Å². The minimum Gasteiger partial charge on any atom is -0.385 e. The average molecular weight is 298 g/mol. The molecule has 0 spiro atoms. The van der Waals surface area contributed by atoms with Crippen molar-refractivity contribution >= 4 is 15.7 Å². The molecule has 112 valence electrons. The SMILES string of the molecule is CCOCC(C)NS(=O)(=O)c1ccc2c(c1)CCCN2. The molecule has 1 aromatic carbocycles. The van der Waals surface area contributed by atoms with Crippen molar-refractivity contribution in [1.82, 2.24) is 4.72 Å². The van der Waals surface area contributed by atoms with Crippen LogP contribution in [-0.4, -0.2) is 34.2 Å². The molecular weight excluding hydrogens is 276 g/mol. The molecule has 0 fully saturated rings. The van der Waals surface area contributed by atoms with Crippen LogP contribution >= 0.6 is 0 Å². The summed E-state index contributed by atoms with van der Waals surface area (Å²) in [5.74, 6) is 0. The molecule has 0 bridgehead atoms. The first-order valence-electron chi connectivity index (χ1n) is 7.00. The van der Waals surface area contributed by atoms with Crippen LogP contribution in [0.3, 0.4) is 0 Å². The highest BCUT2D eigenvalue weighted by Gasteiger charge is 2.19. The summed E-state index contributed by atoms with van der Waals surface area (Å²) >= 11 is 0. The van der Waals surface area contributed by atoms with Gasteiger partial charge in [0.05, 0.1) is 11.5 Å². The van der Waals surface area contributed by atoms with Gasteiger partial charge in [-0.1, -0.05) is 0 Å². The summed E-state index contributed by atoms with van der Waals surface area (Å²) in [7, 11) is -3.48. The van der Waals surface area contributed by atoms with Crippen molar-refractivity contribution in [3.8, 4) is 0 Å².